The van der Waals surface area contributed by atoms with E-state index >= 15 is 0 Å². The average Bonchev–Trinajstić information content (AvgIpc) is 2.93. The van der Waals surface area contributed by atoms with Gasteiger partial charge >= 0.3 is 12.0 Å². The number of carbonyl (C=O) groups is 4. The largest absolute Gasteiger partial charge is 0.480 e. The van der Waals surface area contributed by atoms with Crippen molar-refractivity contribution < 1.29 is 24.3 Å². The maximum Gasteiger partial charge on any atom is 0.327 e. The highest BCUT2D eigenvalue weighted by molar-refractivity contribution is 8.01. The van der Waals surface area contributed by atoms with Gasteiger partial charge in [-0.25, -0.2) is 9.59 Å². The molecule has 2 saturated heterocycles. The Kier molecular flexibility index (Phi) is 9.00. The highest BCUT2D eigenvalue weighted by Gasteiger charge is 2.64. The third-order valence-corrected chi connectivity index (χ3v) is 7.29. The van der Waals surface area contributed by atoms with Crippen molar-refractivity contribution in [1.29, 1.82) is 0 Å². The second-order valence-corrected chi connectivity index (χ2v) is 10.4. The number of nitrogens with one attached hydrogen (secondary N) is 2. The van der Waals surface area contributed by atoms with Crippen molar-refractivity contribution in [2.75, 3.05) is 0 Å². The summed E-state index contributed by atoms with van der Waals surface area (Å²) in [5.41, 5.74) is 0. The molecule has 0 aromatic heterocycles. The van der Waals surface area contributed by atoms with Crippen LogP contribution in [-0.2, 0) is 14.4 Å². The van der Waals surface area contributed by atoms with E-state index in [1.54, 1.807) is 13.8 Å². The third-order valence-electron chi connectivity index (χ3n) is 5.72. The number of hydrogen-bond acceptors (Lipinski definition) is 5. The molecular formula is C21H35N3O5S. The summed E-state index contributed by atoms with van der Waals surface area (Å²) in [5, 5.41) is 13.8. The van der Waals surface area contributed by atoms with Gasteiger partial charge in [-0.05, 0) is 20.3 Å². The number of nitrogens with zero attached hydrogens (tertiary/aromatic N) is 1. The first-order valence-electron chi connectivity index (χ1n) is 11.0. The van der Waals surface area contributed by atoms with E-state index in [9.17, 15) is 24.3 Å². The fourth-order valence-electron chi connectivity index (χ4n) is 4.11. The smallest absolute Gasteiger partial charge is 0.327 e. The Morgan fingerprint density at radius 3 is 2.17 bits per heavy atom. The van der Waals surface area contributed by atoms with Gasteiger partial charge in [0.05, 0.1) is 0 Å². The van der Waals surface area contributed by atoms with E-state index in [0.29, 0.717) is 0 Å². The second-order valence-electron chi connectivity index (χ2n) is 8.68. The Morgan fingerprint density at radius 1 is 1.03 bits per heavy atom. The highest BCUT2D eigenvalue weighted by atomic mass is 32.2. The Labute approximate surface area is 182 Å². The maximum atomic E-state index is 12.3. The van der Waals surface area contributed by atoms with Crippen molar-refractivity contribution in [2.24, 2.45) is 0 Å². The Morgan fingerprint density at radius 2 is 1.60 bits per heavy atom. The maximum absolute atomic E-state index is 12.3. The summed E-state index contributed by atoms with van der Waals surface area (Å²) >= 11 is 1.35. The second kappa shape index (κ2) is 11.0. The van der Waals surface area contributed by atoms with Gasteiger partial charge in [-0.3, -0.25) is 14.9 Å². The molecule has 3 unspecified atom stereocenters. The number of urea groups is 1. The molecule has 0 spiro atoms. The van der Waals surface area contributed by atoms with Crippen LogP contribution in [0, 0.1) is 0 Å². The zero-order chi connectivity index (χ0) is 22.3. The molecule has 0 aromatic rings. The molecule has 2 aliphatic heterocycles. The number of rotatable bonds is 12. The number of β-lactam (4-membered cyclic amide) rings is 1. The molecule has 30 heavy (non-hydrogen) atoms. The zero-order valence-corrected chi connectivity index (χ0v) is 19.1. The number of hydrogen-bond donors (Lipinski definition) is 3. The Balaban J connectivity index is 1.63. The topological polar surface area (TPSA) is 116 Å². The van der Waals surface area contributed by atoms with Crippen LogP contribution in [0.15, 0.2) is 0 Å². The molecule has 0 aromatic carbocycles. The van der Waals surface area contributed by atoms with E-state index < -0.39 is 40.1 Å². The molecule has 4 amide bonds. The van der Waals surface area contributed by atoms with Crippen molar-refractivity contribution >= 4 is 35.6 Å². The van der Waals surface area contributed by atoms with E-state index in [4.69, 9.17) is 0 Å². The van der Waals surface area contributed by atoms with E-state index in [1.165, 1.54) is 55.2 Å². The van der Waals surface area contributed by atoms with Gasteiger partial charge < -0.3 is 15.3 Å². The van der Waals surface area contributed by atoms with Crippen molar-refractivity contribution in [3.63, 3.8) is 0 Å². The molecule has 9 heteroatoms. The molecule has 170 valence electrons. The van der Waals surface area contributed by atoms with Gasteiger partial charge in [0.1, 0.15) is 17.5 Å². The van der Waals surface area contributed by atoms with Gasteiger partial charge in [-0.15, -0.1) is 11.8 Å². The number of carboxylic acid groups (broad SMARTS) is 1. The number of carboxylic acids is 1. The number of aliphatic carboxylic acids is 1. The Bertz CT molecular complexity index is 655. The highest BCUT2D eigenvalue weighted by Crippen LogP contribution is 2.50. The summed E-state index contributed by atoms with van der Waals surface area (Å²) in [7, 11) is 0. The zero-order valence-electron chi connectivity index (χ0n) is 18.2. The van der Waals surface area contributed by atoms with Crippen LogP contribution < -0.4 is 10.6 Å². The van der Waals surface area contributed by atoms with Gasteiger partial charge in [0.2, 0.25) is 11.8 Å². The molecule has 2 rings (SSSR count). The van der Waals surface area contributed by atoms with E-state index in [-0.39, 0.29) is 12.3 Å². The van der Waals surface area contributed by atoms with Crippen molar-refractivity contribution in [1.82, 2.24) is 15.5 Å². The summed E-state index contributed by atoms with van der Waals surface area (Å²) in [6.45, 7) is 5.75. The van der Waals surface area contributed by atoms with Crippen LogP contribution in [0.25, 0.3) is 0 Å². The Hall–Kier alpha value is -1.77. The molecule has 3 N–H and O–H groups in total. The lowest BCUT2D eigenvalue weighted by Crippen LogP contribution is -2.71. The number of unbranched alkanes of at least 4 members (excludes halogenated alkanes) is 8. The lowest BCUT2D eigenvalue weighted by atomic mass is 9.96. The first-order valence-corrected chi connectivity index (χ1v) is 11.9. The number of thioether (sulfide) groups is 1. The molecule has 2 aliphatic rings. The third kappa shape index (κ3) is 6.12. The lowest BCUT2D eigenvalue weighted by Gasteiger charge is -2.43. The van der Waals surface area contributed by atoms with Crippen LogP contribution in [0.1, 0.15) is 85.0 Å². The van der Waals surface area contributed by atoms with Crippen LogP contribution in [-0.4, -0.2) is 56.0 Å². The fraction of sp³-hybridized carbons (Fsp3) is 0.810. The predicted octanol–water partition coefficient (Wildman–Crippen LogP) is 3.25. The van der Waals surface area contributed by atoms with Crippen LogP contribution in [0.5, 0.6) is 0 Å². The summed E-state index contributed by atoms with van der Waals surface area (Å²) < 4.78 is -0.648. The van der Waals surface area contributed by atoms with Crippen LogP contribution in [0.4, 0.5) is 4.79 Å². The minimum absolute atomic E-state index is 0.278. The number of carbonyl (C=O) groups excluding carboxylic acids is 3. The van der Waals surface area contributed by atoms with Gasteiger partial charge in [0.15, 0.2) is 0 Å². The van der Waals surface area contributed by atoms with Crippen molar-refractivity contribution in [2.45, 2.75) is 107 Å². The van der Waals surface area contributed by atoms with Crippen LogP contribution in [0.3, 0.4) is 0 Å². The van der Waals surface area contributed by atoms with E-state index in [0.717, 1.165) is 19.3 Å². The first kappa shape index (κ1) is 24.5. The molecule has 0 saturated carbocycles. The normalized spacial score (nSPS) is 24.2. The molecule has 3 atom stereocenters. The summed E-state index contributed by atoms with van der Waals surface area (Å²) in [5.74, 6) is -1.84. The van der Waals surface area contributed by atoms with Crippen molar-refractivity contribution in [3.8, 4) is 0 Å². The average molecular weight is 442 g/mol. The van der Waals surface area contributed by atoms with E-state index in [1.807, 2.05) is 0 Å². The summed E-state index contributed by atoms with van der Waals surface area (Å²) in [4.78, 5) is 49.2. The standard InChI is InChI=1S/C21H35N3O5S/c1-4-5-6-7-8-9-10-11-12-13-14(25)22-20(29)23-15-17(26)24-16(19(27)28)21(2,3)30-18(15)24/h15-16,18H,4-13H2,1-3H3,(H,27,28)(H2,22,23,25,29). The minimum Gasteiger partial charge on any atom is -0.480 e. The monoisotopic (exact) mass is 441 g/mol. The van der Waals surface area contributed by atoms with Crippen LogP contribution >= 0.6 is 11.8 Å². The number of fused-ring (bicyclic) bond motifs is 1. The van der Waals surface area contributed by atoms with Gasteiger partial charge in [-0.1, -0.05) is 58.3 Å². The van der Waals surface area contributed by atoms with Gasteiger partial charge in [-0.2, -0.15) is 0 Å². The van der Waals surface area contributed by atoms with Crippen LogP contribution in [0.2, 0.25) is 0 Å². The minimum atomic E-state index is -1.05. The van der Waals surface area contributed by atoms with Crippen molar-refractivity contribution in [3.05, 3.63) is 0 Å². The molecule has 2 fully saturated rings. The molecule has 0 radical (unpaired) electrons. The van der Waals surface area contributed by atoms with E-state index in [2.05, 4.69) is 17.6 Å². The molecule has 0 bridgehead atoms. The predicted molar refractivity (Wildman–Crippen MR) is 116 cm³/mol. The summed E-state index contributed by atoms with van der Waals surface area (Å²) in [6, 6.07) is -2.43. The molecular weight excluding hydrogens is 406 g/mol. The van der Waals surface area contributed by atoms with Gasteiger partial charge in [0.25, 0.3) is 0 Å². The van der Waals surface area contributed by atoms with Gasteiger partial charge in [0, 0.05) is 11.2 Å². The first-order chi connectivity index (χ1) is 14.2. The SMILES string of the molecule is CCCCCCCCCCCC(=O)NC(=O)NC1C(=O)N2C1SC(C)(C)C2C(=O)O. The number of imide groups is 1. The quantitative estimate of drug-likeness (QED) is 0.316. The fourth-order valence-corrected chi connectivity index (χ4v) is 5.73. The number of amides is 4. The lowest BCUT2D eigenvalue weighted by molar-refractivity contribution is -0.159. The summed E-state index contributed by atoms with van der Waals surface area (Å²) in [6.07, 6.45) is 10.6. The molecule has 2 heterocycles. The molecule has 8 nitrogen and oxygen atoms in total. The molecule has 0 aliphatic carbocycles.